The maximum Gasteiger partial charge on any atom is 0.161 e. The molecule has 0 aliphatic carbocycles. The Bertz CT molecular complexity index is 792. The van der Waals surface area contributed by atoms with E-state index in [2.05, 4.69) is 28.0 Å². The molecule has 0 unspecified atom stereocenters. The summed E-state index contributed by atoms with van der Waals surface area (Å²) in [4.78, 5) is 4.75. The second-order valence-corrected chi connectivity index (χ2v) is 6.37. The van der Waals surface area contributed by atoms with Gasteiger partial charge in [0.2, 0.25) is 0 Å². The number of benzene rings is 2. The van der Waals surface area contributed by atoms with E-state index in [-0.39, 0.29) is 0 Å². The molecule has 128 valence electrons. The van der Waals surface area contributed by atoms with Crippen LogP contribution >= 0.6 is 0 Å². The van der Waals surface area contributed by atoms with Crippen LogP contribution in [0.5, 0.6) is 11.5 Å². The second-order valence-electron chi connectivity index (χ2n) is 6.37. The van der Waals surface area contributed by atoms with E-state index >= 15 is 0 Å². The molecule has 2 aliphatic heterocycles. The van der Waals surface area contributed by atoms with Crippen LogP contribution in [0.1, 0.15) is 11.1 Å². The maximum absolute atomic E-state index is 9.28. The molecule has 0 N–H and O–H groups in total. The van der Waals surface area contributed by atoms with E-state index in [1.54, 1.807) is 0 Å². The molecule has 5 nitrogen and oxygen atoms in total. The summed E-state index contributed by atoms with van der Waals surface area (Å²) in [6, 6.07) is 16.3. The van der Waals surface area contributed by atoms with E-state index < -0.39 is 0 Å². The molecule has 1 saturated heterocycles. The van der Waals surface area contributed by atoms with Crippen LogP contribution in [0, 0.1) is 11.3 Å². The van der Waals surface area contributed by atoms with E-state index in [9.17, 15) is 5.26 Å². The molecule has 0 aromatic heterocycles. The zero-order chi connectivity index (χ0) is 17.1. The summed E-state index contributed by atoms with van der Waals surface area (Å²) in [5, 5.41) is 9.28. The van der Waals surface area contributed by atoms with E-state index in [1.165, 1.54) is 5.56 Å². The lowest BCUT2D eigenvalue weighted by Gasteiger charge is -2.36. The van der Waals surface area contributed by atoms with E-state index in [1.807, 2.05) is 30.3 Å². The minimum atomic E-state index is 0.618. The number of para-hydroxylation sites is 1. The van der Waals surface area contributed by atoms with E-state index in [0.717, 1.165) is 55.5 Å². The molecule has 0 saturated carbocycles. The molecule has 4 rings (SSSR count). The lowest BCUT2D eigenvalue weighted by Crippen LogP contribution is -2.46. The van der Waals surface area contributed by atoms with Gasteiger partial charge in [0.1, 0.15) is 19.3 Å². The number of hydrogen-bond acceptors (Lipinski definition) is 5. The third-order valence-corrected chi connectivity index (χ3v) is 4.75. The molecule has 25 heavy (non-hydrogen) atoms. The zero-order valence-corrected chi connectivity index (χ0v) is 14.1. The van der Waals surface area contributed by atoms with Crippen LogP contribution in [-0.2, 0) is 6.54 Å². The Morgan fingerprint density at radius 1 is 0.920 bits per heavy atom. The van der Waals surface area contributed by atoms with Gasteiger partial charge in [-0.2, -0.15) is 5.26 Å². The van der Waals surface area contributed by atoms with Crippen molar-refractivity contribution in [2.75, 3.05) is 44.3 Å². The molecule has 2 heterocycles. The van der Waals surface area contributed by atoms with Crippen LogP contribution in [0.2, 0.25) is 0 Å². The van der Waals surface area contributed by atoms with Gasteiger partial charge in [0, 0.05) is 32.7 Å². The summed E-state index contributed by atoms with van der Waals surface area (Å²) >= 11 is 0. The molecule has 0 spiro atoms. The van der Waals surface area contributed by atoms with Crippen molar-refractivity contribution in [2.24, 2.45) is 0 Å². The predicted octanol–water partition coefficient (Wildman–Crippen LogP) is 2.65. The number of hydrogen-bond donors (Lipinski definition) is 0. The minimum absolute atomic E-state index is 0.618. The fourth-order valence-electron chi connectivity index (χ4n) is 3.44. The first-order valence-electron chi connectivity index (χ1n) is 8.68. The Balaban J connectivity index is 1.38. The van der Waals surface area contributed by atoms with Crippen molar-refractivity contribution >= 4 is 5.69 Å². The smallest absolute Gasteiger partial charge is 0.161 e. The highest BCUT2D eigenvalue weighted by Crippen LogP contribution is 2.31. The average molecular weight is 335 g/mol. The molecule has 0 bridgehead atoms. The zero-order valence-electron chi connectivity index (χ0n) is 14.1. The highest BCUT2D eigenvalue weighted by atomic mass is 16.6. The van der Waals surface area contributed by atoms with Crippen LogP contribution in [0.4, 0.5) is 5.69 Å². The van der Waals surface area contributed by atoms with Crippen LogP contribution < -0.4 is 14.4 Å². The van der Waals surface area contributed by atoms with Crippen molar-refractivity contribution in [3.8, 4) is 17.6 Å². The van der Waals surface area contributed by atoms with Gasteiger partial charge in [0.25, 0.3) is 0 Å². The predicted molar refractivity (Wildman–Crippen MR) is 96.1 cm³/mol. The van der Waals surface area contributed by atoms with Gasteiger partial charge in [-0.15, -0.1) is 0 Å². The third kappa shape index (κ3) is 3.40. The SMILES string of the molecule is N#Cc1ccccc1N1CCN(Cc2ccc3c(c2)OCCO3)CC1. The molecule has 5 heteroatoms. The standard InChI is InChI=1S/C20H21N3O2/c21-14-17-3-1-2-4-18(17)23-9-7-22(8-10-23)15-16-5-6-19-20(13-16)25-12-11-24-19/h1-6,13H,7-12,15H2. The van der Waals surface area contributed by atoms with Crippen molar-refractivity contribution in [1.82, 2.24) is 4.90 Å². The third-order valence-electron chi connectivity index (χ3n) is 4.75. The van der Waals surface area contributed by atoms with Gasteiger partial charge in [-0.3, -0.25) is 4.90 Å². The Kier molecular flexibility index (Phi) is 4.45. The van der Waals surface area contributed by atoms with Gasteiger partial charge in [-0.05, 0) is 29.8 Å². The van der Waals surface area contributed by atoms with Crippen LogP contribution in [0.15, 0.2) is 42.5 Å². The van der Waals surface area contributed by atoms with E-state index in [0.29, 0.717) is 13.2 Å². The normalized spacial score (nSPS) is 17.2. The van der Waals surface area contributed by atoms with Gasteiger partial charge in [0.15, 0.2) is 11.5 Å². The Morgan fingerprint density at radius 2 is 1.68 bits per heavy atom. The van der Waals surface area contributed by atoms with Gasteiger partial charge in [0.05, 0.1) is 11.3 Å². The summed E-state index contributed by atoms with van der Waals surface area (Å²) < 4.78 is 11.3. The highest BCUT2D eigenvalue weighted by molar-refractivity contribution is 5.59. The van der Waals surface area contributed by atoms with Gasteiger partial charge in [-0.1, -0.05) is 18.2 Å². The summed E-state index contributed by atoms with van der Waals surface area (Å²) in [6.45, 7) is 5.98. The molecule has 1 fully saturated rings. The van der Waals surface area contributed by atoms with Gasteiger partial charge < -0.3 is 14.4 Å². The molecule has 0 radical (unpaired) electrons. The largest absolute Gasteiger partial charge is 0.486 e. The monoisotopic (exact) mass is 335 g/mol. The molecule has 2 aromatic rings. The number of nitriles is 1. The lowest BCUT2D eigenvalue weighted by atomic mass is 10.1. The summed E-state index contributed by atoms with van der Waals surface area (Å²) in [5.74, 6) is 1.69. The van der Waals surface area contributed by atoms with Crippen LogP contribution in [0.25, 0.3) is 0 Å². The van der Waals surface area contributed by atoms with Gasteiger partial charge >= 0.3 is 0 Å². The fraction of sp³-hybridized carbons (Fsp3) is 0.350. The average Bonchev–Trinajstić information content (AvgIpc) is 2.68. The topological polar surface area (TPSA) is 48.7 Å². The second kappa shape index (κ2) is 7.04. The molecule has 0 amide bonds. The van der Waals surface area contributed by atoms with Crippen LogP contribution in [0.3, 0.4) is 0 Å². The first kappa shape index (κ1) is 15.8. The summed E-state index contributed by atoms with van der Waals surface area (Å²) in [5.41, 5.74) is 3.04. The molecule has 0 atom stereocenters. The van der Waals surface area contributed by atoms with Crippen molar-refractivity contribution in [2.45, 2.75) is 6.54 Å². The van der Waals surface area contributed by atoms with Crippen molar-refractivity contribution in [3.63, 3.8) is 0 Å². The molecule has 2 aromatic carbocycles. The molecule has 2 aliphatic rings. The number of piperazine rings is 1. The highest BCUT2D eigenvalue weighted by Gasteiger charge is 2.20. The number of fused-ring (bicyclic) bond motifs is 1. The number of ether oxygens (including phenoxy) is 2. The number of anilines is 1. The quantitative estimate of drug-likeness (QED) is 0.863. The first-order valence-corrected chi connectivity index (χ1v) is 8.68. The molecular weight excluding hydrogens is 314 g/mol. The first-order chi connectivity index (χ1) is 12.3. The van der Waals surface area contributed by atoms with Crippen molar-refractivity contribution < 1.29 is 9.47 Å². The maximum atomic E-state index is 9.28. The lowest BCUT2D eigenvalue weighted by molar-refractivity contribution is 0.171. The summed E-state index contributed by atoms with van der Waals surface area (Å²) in [7, 11) is 0. The fourth-order valence-corrected chi connectivity index (χ4v) is 3.44. The van der Waals surface area contributed by atoms with Gasteiger partial charge in [-0.25, -0.2) is 0 Å². The Morgan fingerprint density at radius 3 is 2.48 bits per heavy atom. The Hall–Kier alpha value is -2.71. The molecular formula is C20H21N3O2. The van der Waals surface area contributed by atoms with Crippen molar-refractivity contribution in [3.05, 3.63) is 53.6 Å². The number of nitrogens with zero attached hydrogens (tertiary/aromatic N) is 3. The van der Waals surface area contributed by atoms with E-state index in [4.69, 9.17) is 9.47 Å². The summed E-state index contributed by atoms with van der Waals surface area (Å²) in [6.07, 6.45) is 0. The van der Waals surface area contributed by atoms with Crippen molar-refractivity contribution in [1.29, 1.82) is 5.26 Å². The van der Waals surface area contributed by atoms with Crippen LogP contribution in [-0.4, -0.2) is 44.3 Å². The Labute approximate surface area is 148 Å². The number of rotatable bonds is 3. The minimum Gasteiger partial charge on any atom is -0.486 e.